The third-order valence-electron chi connectivity index (χ3n) is 7.11. The first-order valence-electron chi connectivity index (χ1n) is 11.9. The molecule has 2 atom stereocenters. The molecule has 2 N–H and O–H groups in total. The summed E-state index contributed by atoms with van der Waals surface area (Å²) in [6.07, 6.45) is 4.63. The van der Waals surface area contributed by atoms with Crippen molar-refractivity contribution < 1.29 is 15.0 Å². The molecule has 0 radical (unpaired) electrons. The predicted octanol–water partition coefficient (Wildman–Crippen LogP) is 1.75. The molecule has 0 unspecified atom stereocenters. The maximum Gasteiger partial charge on any atom is 0.255 e. The molecule has 1 amide bonds. The second-order valence-corrected chi connectivity index (χ2v) is 9.51. The highest BCUT2D eigenvalue weighted by molar-refractivity contribution is 5.77. The molecule has 8 heteroatoms. The van der Waals surface area contributed by atoms with E-state index in [9.17, 15) is 19.8 Å². The lowest BCUT2D eigenvalue weighted by Gasteiger charge is -2.38. The summed E-state index contributed by atoms with van der Waals surface area (Å²) in [5, 5.41) is 20.6. The van der Waals surface area contributed by atoms with Crippen LogP contribution in [0.4, 0.5) is 5.82 Å². The van der Waals surface area contributed by atoms with Gasteiger partial charge in [-0.15, -0.1) is 0 Å². The summed E-state index contributed by atoms with van der Waals surface area (Å²) in [5.74, 6) is 0.817. The molecule has 0 spiro atoms. The molecule has 2 aliphatic heterocycles. The van der Waals surface area contributed by atoms with Crippen molar-refractivity contribution >= 4 is 11.7 Å². The Labute approximate surface area is 194 Å². The zero-order valence-corrected chi connectivity index (χ0v) is 19.3. The molecule has 1 aromatic heterocycles. The van der Waals surface area contributed by atoms with Crippen LogP contribution in [-0.4, -0.2) is 68.5 Å². The zero-order chi connectivity index (χ0) is 23.4. The van der Waals surface area contributed by atoms with Gasteiger partial charge in [0.2, 0.25) is 5.91 Å². The minimum Gasteiger partial charge on any atom is -0.394 e. The molecule has 3 heterocycles. The van der Waals surface area contributed by atoms with E-state index in [1.54, 1.807) is 0 Å². The van der Waals surface area contributed by atoms with E-state index in [1.165, 1.54) is 17.0 Å². The first-order valence-corrected chi connectivity index (χ1v) is 11.9. The molecular weight excluding hydrogens is 420 g/mol. The average Bonchev–Trinajstić information content (AvgIpc) is 3.30. The van der Waals surface area contributed by atoms with Crippen LogP contribution in [0.5, 0.6) is 0 Å². The van der Waals surface area contributed by atoms with Crippen molar-refractivity contribution in [2.75, 3.05) is 31.1 Å². The smallest absolute Gasteiger partial charge is 0.255 e. The lowest BCUT2D eigenvalue weighted by atomic mass is 9.90. The van der Waals surface area contributed by atoms with Crippen molar-refractivity contribution in [2.24, 2.45) is 0 Å². The summed E-state index contributed by atoms with van der Waals surface area (Å²) < 4.78 is 1.45. The van der Waals surface area contributed by atoms with Crippen molar-refractivity contribution in [3.05, 3.63) is 58.6 Å². The van der Waals surface area contributed by atoms with Crippen LogP contribution in [0.3, 0.4) is 0 Å². The fraction of sp³-hybridized carbons (Fsp3) is 0.560. The molecule has 4 rings (SSSR count). The number of aliphatic hydroxyl groups is 2. The van der Waals surface area contributed by atoms with Gasteiger partial charge in [-0.3, -0.25) is 14.2 Å². The van der Waals surface area contributed by atoms with Gasteiger partial charge in [-0.2, -0.15) is 0 Å². The number of likely N-dealkylation sites (tertiary alicyclic amines) is 1. The molecule has 178 valence electrons. The molecule has 8 nitrogen and oxygen atoms in total. The van der Waals surface area contributed by atoms with Gasteiger partial charge >= 0.3 is 0 Å². The van der Waals surface area contributed by atoms with Crippen molar-refractivity contribution in [3.8, 4) is 0 Å². The molecule has 2 aromatic rings. The molecule has 0 saturated carbocycles. The Balaban J connectivity index is 1.33. The minimum atomic E-state index is -1.05. The normalized spacial score (nSPS) is 21.2. The Kier molecular flexibility index (Phi) is 7.14. The van der Waals surface area contributed by atoms with E-state index < -0.39 is 5.60 Å². The number of hydrogen-bond acceptors (Lipinski definition) is 6. The number of amides is 1. The SMILES string of the molecule is C[C@H](CC(=O)N1CCC(O)(Cn2cnc(N3CCC[C@@H]3CO)cc2=O)CC1)c1ccccc1. The highest BCUT2D eigenvalue weighted by Gasteiger charge is 2.35. The Bertz CT molecular complexity index is 1000. The maximum atomic E-state index is 12.8. The number of aromatic nitrogens is 2. The van der Waals surface area contributed by atoms with E-state index in [1.807, 2.05) is 40.1 Å². The van der Waals surface area contributed by atoms with Gasteiger partial charge in [0.1, 0.15) is 5.82 Å². The van der Waals surface area contributed by atoms with Gasteiger partial charge in [-0.05, 0) is 37.2 Å². The fourth-order valence-corrected chi connectivity index (χ4v) is 4.96. The van der Waals surface area contributed by atoms with Crippen LogP contribution in [0.25, 0.3) is 0 Å². The molecule has 2 saturated heterocycles. The number of aliphatic hydroxyl groups excluding tert-OH is 1. The number of carbonyl (C=O) groups excluding carboxylic acids is 1. The topological polar surface area (TPSA) is 98.9 Å². The van der Waals surface area contributed by atoms with Crippen molar-refractivity contribution in [2.45, 2.75) is 63.1 Å². The molecule has 33 heavy (non-hydrogen) atoms. The van der Waals surface area contributed by atoms with Crippen LogP contribution in [0.1, 0.15) is 50.5 Å². The lowest BCUT2D eigenvalue weighted by Crippen LogP contribution is -2.49. The van der Waals surface area contributed by atoms with Gasteiger partial charge in [0.05, 0.1) is 31.1 Å². The van der Waals surface area contributed by atoms with E-state index in [0.29, 0.717) is 38.2 Å². The number of nitrogens with zero attached hydrogens (tertiary/aromatic N) is 4. The predicted molar refractivity (Wildman–Crippen MR) is 126 cm³/mol. The van der Waals surface area contributed by atoms with Crippen molar-refractivity contribution in [1.29, 1.82) is 0 Å². The minimum absolute atomic E-state index is 0.00316. The molecular formula is C25H34N4O4. The number of rotatable bonds is 7. The van der Waals surface area contributed by atoms with Crippen molar-refractivity contribution in [3.63, 3.8) is 0 Å². The average molecular weight is 455 g/mol. The van der Waals surface area contributed by atoms with Gasteiger partial charge in [0.25, 0.3) is 5.56 Å². The van der Waals surface area contributed by atoms with E-state index >= 15 is 0 Å². The highest BCUT2D eigenvalue weighted by atomic mass is 16.3. The van der Waals surface area contributed by atoms with E-state index in [2.05, 4.69) is 11.9 Å². The van der Waals surface area contributed by atoms with E-state index in [0.717, 1.165) is 24.9 Å². The Morgan fingerprint density at radius 1 is 1.21 bits per heavy atom. The Morgan fingerprint density at radius 3 is 2.61 bits per heavy atom. The monoisotopic (exact) mass is 454 g/mol. The van der Waals surface area contributed by atoms with Gasteiger partial charge in [0, 0.05) is 32.1 Å². The van der Waals surface area contributed by atoms with Gasteiger partial charge in [-0.25, -0.2) is 4.98 Å². The third kappa shape index (κ3) is 5.45. The summed E-state index contributed by atoms with van der Waals surface area (Å²) in [6, 6.07) is 11.5. The van der Waals surface area contributed by atoms with Crippen LogP contribution in [0, 0.1) is 0 Å². The van der Waals surface area contributed by atoms with Crippen LogP contribution >= 0.6 is 0 Å². The van der Waals surface area contributed by atoms with Crippen LogP contribution in [0.15, 0.2) is 47.5 Å². The van der Waals surface area contributed by atoms with Gasteiger partial charge < -0.3 is 20.0 Å². The van der Waals surface area contributed by atoms with Crippen LogP contribution in [-0.2, 0) is 11.3 Å². The van der Waals surface area contributed by atoms with E-state index in [-0.39, 0.29) is 36.6 Å². The van der Waals surface area contributed by atoms with Gasteiger partial charge in [-0.1, -0.05) is 37.3 Å². The second kappa shape index (κ2) is 10.1. The maximum absolute atomic E-state index is 12.8. The largest absolute Gasteiger partial charge is 0.394 e. The Morgan fingerprint density at radius 2 is 1.94 bits per heavy atom. The molecule has 1 aromatic carbocycles. The first-order chi connectivity index (χ1) is 15.9. The second-order valence-electron chi connectivity index (χ2n) is 9.51. The van der Waals surface area contributed by atoms with Crippen LogP contribution < -0.4 is 10.5 Å². The first kappa shape index (κ1) is 23.4. The van der Waals surface area contributed by atoms with Gasteiger partial charge in [0.15, 0.2) is 0 Å². The molecule has 2 fully saturated rings. The molecule has 2 aliphatic rings. The summed E-state index contributed by atoms with van der Waals surface area (Å²) in [6.45, 7) is 3.99. The van der Waals surface area contributed by atoms with Crippen LogP contribution in [0.2, 0.25) is 0 Å². The number of anilines is 1. The van der Waals surface area contributed by atoms with Crippen molar-refractivity contribution in [1.82, 2.24) is 14.5 Å². The quantitative estimate of drug-likeness (QED) is 0.661. The summed E-state index contributed by atoms with van der Waals surface area (Å²) >= 11 is 0. The Hall–Kier alpha value is -2.71. The number of carbonyl (C=O) groups is 1. The third-order valence-corrected chi connectivity index (χ3v) is 7.11. The summed E-state index contributed by atoms with van der Waals surface area (Å²) in [7, 11) is 0. The highest BCUT2D eigenvalue weighted by Crippen LogP contribution is 2.27. The summed E-state index contributed by atoms with van der Waals surface area (Å²) in [5.41, 5.74) is -0.114. The summed E-state index contributed by atoms with van der Waals surface area (Å²) in [4.78, 5) is 33.7. The molecule has 0 aliphatic carbocycles. The zero-order valence-electron chi connectivity index (χ0n) is 19.3. The fourth-order valence-electron chi connectivity index (χ4n) is 4.96. The molecule has 0 bridgehead atoms. The number of benzene rings is 1. The number of hydrogen-bond donors (Lipinski definition) is 2. The lowest BCUT2D eigenvalue weighted by molar-refractivity contribution is -0.136. The standard InChI is InChI=1S/C25H34N4O4/c1-19(20-6-3-2-4-7-20)14-23(31)27-12-9-25(33,10-13-27)17-28-18-26-22(15-24(28)32)29-11-5-8-21(29)16-30/h2-4,6-7,15,18-19,21,30,33H,5,8-14,16-17H2,1H3/t19-,21-/m1/s1. The number of piperidine rings is 1. The van der Waals surface area contributed by atoms with E-state index in [4.69, 9.17) is 0 Å².